The third-order valence-corrected chi connectivity index (χ3v) is 3.52. The topological polar surface area (TPSA) is 72.9 Å². The summed E-state index contributed by atoms with van der Waals surface area (Å²) < 4.78 is 15.1. The molecule has 6 heteroatoms. The lowest BCUT2D eigenvalue weighted by Gasteiger charge is -2.13. The van der Waals surface area contributed by atoms with Crippen LogP contribution in [0.4, 0.5) is 4.39 Å². The molecule has 0 saturated carbocycles. The molecular weight excluding hydrogens is 295 g/mol. The molecule has 1 aromatic carbocycles. The van der Waals surface area contributed by atoms with E-state index in [4.69, 9.17) is 5.73 Å². The first-order valence-corrected chi connectivity index (χ1v) is 7.70. The Balaban J connectivity index is 2.57. The molecule has 0 amide bonds. The molecular formula is C17H23FN4O. The Kier molecular flexibility index (Phi) is 5.63. The second-order valence-electron chi connectivity index (χ2n) is 5.98. The van der Waals surface area contributed by atoms with E-state index in [1.165, 1.54) is 10.7 Å². The number of aromatic nitrogens is 2. The smallest absolute Gasteiger partial charge is 0.271 e. The average Bonchev–Trinajstić information content (AvgIpc) is 2.51. The predicted molar refractivity (Wildman–Crippen MR) is 89.4 cm³/mol. The second kappa shape index (κ2) is 7.48. The molecule has 2 rings (SSSR count). The number of nitrogens with two attached hydrogens (primary N) is 1. The molecule has 0 fully saturated rings. The lowest BCUT2D eigenvalue weighted by Crippen LogP contribution is -2.30. The Bertz CT molecular complexity index is 740. The van der Waals surface area contributed by atoms with Gasteiger partial charge in [-0.15, -0.1) is 0 Å². The maximum absolute atomic E-state index is 13.6. The van der Waals surface area contributed by atoms with Crippen molar-refractivity contribution in [2.45, 2.75) is 33.5 Å². The molecule has 0 aliphatic heterocycles. The van der Waals surface area contributed by atoms with Crippen LogP contribution in [-0.4, -0.2) is 16.8 Å². The standard InChI is InChI=1S/C17H23FN4O/c1-11(2)10-22-17(23)14(9-20-3)7-16(21-22)12-4-5-15(18)13(6-12)8-19/h4-7,11,20H,8-10,19H2,1-3H3. The van der Waals surface area contributed by atoms with Gasteiger partial charge in [-0.1, -0.05) is 13.8 Å². The SMILES string of the molecule is CNCc1cc(-c2ccc(F)c(CN)c2)nn(CC(C)C)c1=O. The van der Waals surface area contributed by atoms with Crippen LogP contribution >= 0.6 is 0 Å². The number of nitrogens with zero attached hydrogens (tertiary/aromatic N) is 2. The molecule has 2 aromatic rings. The van der Waals surface area contributed by atoms with Crippen LogP contribution in [0.2, 0.25) is 0 Å². The maximum Gasteiger partial charge on any atom is 0.271 e. The number of benzene rings is 1. The largest absolute Gasteiger partial charge is 0.326 e. The van der Waals surface area contributed by atoms with Crippen LogP contribution in [0.3, 0.4) is 0 Å². The van der Waals surface area contributed by atoms with Gasteiger partial charge in [-0.3, -0.25) is 4.79 Å². The second-order valence-corrected chi connectivity index (χ2v) is 5.98. The van der Waals surface area contributed by atoms with Crippen LogP contribution < -0.4 is 16.6 Å². The van der Waals surface area contributed by atoms with E-state index < -0.39 is 0 Å². The van der Waals surface area contributed by atoms with Gasteiger partial charge in [0.2, 0.25) is 0 Å². The zero-order chi connectivity index (χ0) is 17.0. The third-order valence-electron chi connectivity index (χ3n) is 3.52. The van der Waals surface area contributed by atoms with Crippen molar-refractivity contribution in [1.82, 2.24) is 15.1 Å². The van der Waals surface area contributed by atoms with Crippen LogP contribution in [0.5, 0.6) is 0 Å². The number of nitrogens with one attached hydrogen (secondary N) is 1. The Labute approximate surface area is 135 Å². The highest BCUT2D eigenvalue weighted by Gasteiger charge is 2.12. The molecule has 0 aliphatic rings. The summed E-state index contributed by atoms with van der Waals surface area (Å²) in [6.45, 7) is 5.17. The van der Waals surface area contributed by atoms with E-state index in [1.807, 2.05) is 13.8 Å². The fraction of sp³-hybridized carbons (Fsp3) is 0.412. The summed E-state index contributed by atoms with van der Waals surface area (Å²) in [4.78, 5) is 12.4. The monoisotopic (exact) mass is 318 g/mol. The summed E-state index contributed by atoms with van der Waals surface area (Å²) in [5, 5.41) is 7.44. The van der Waals surface area contributed by atoms with Gasteiger partial charge in [0.25, 0.3) is 5.56 Å². The molecule has 23 heavy (non-hydrogen) atoms. The van der Waals surface area contributed by atoms with Crippen molar-refractivity contribution < 1.29 is 4.39 Å². The van der Waals surface area contributed by atoms with Crippen molar-refractivity contribution in [3.8, 4) is 11.3 Å². The zero-order valence-corrected chi connectivity index (χ0v) is 13.8. The molecule has 0 spiro atoms. The van der Waals surface area contributed by atoms with Gasteiger partial charge in [-0.2, -0.15) is 5.10 Å². The van der Waals surface area contributed by atoms with Gasteiger partial charge in [0.1, 0.15) is 5.82 Å². The van der Waals surface area contributed by atoms with Crippen molar-refractivity contribution >= 4 is 0 Å². The fourth-order valence-corrected chi connectivity index (χ4v) is 2.42. The van der Waals surface area contributed by atoms with Gasteiger partial charge in [0, 0.05) is 36.3 Å². The summed E-state index contributed by atoms with van der Waals surface area (Å²) in [6.07, 6.45) is 0. The molecule has 0 bridgehead atoms. The average molecular weight is 318 g/mol. The van der Waals surface area contributed by atoms with Crippen LogP contribution in [0.1, 0.15) is 25.0 Å². The van der Waals surface area contributed by atoms with Gasteiger partial charge < -0.3 is 11.1 Å². The lowest BCUT2D eigenvalue weighted by molar-refractivity contribution is 0.461. The molecule has 124 valence electrons. The summed E-state index contributed by atoms with van der Waals surface area (Å²) in [6, 6.07) is 6.48. The van der Waals surface area contributed by atoms with Gasteiger partial charge >= 0.3 is 0 Å². The molecule has 1 aromatic heterocycles. The molecule has 5 nitrogen and oxygen atoms in total. The minimum atomic E-state index is -0.331. The number of hydrogen-bond donors (Lipinski definition) is 2. The van der Waals surface area contributed by atoms with E-state index in [9.17, 15) is 9.18 Å². The van der Waals surface area contributed by atoms with E-state index in [2.05, 4.69) is 10.4 Å². The first-order chi connectivity index (χ1) is 11.0. The van der Waals surface area contributed by atoms with Gasteiger partial charge in [0.05, 0.1) is 5.69 Å². The van der Waals surface area contributed by atoms with Gasteiger partial charge in [-0.05, 0) is 37.2 Å². The zero-order valence-electron chi connectivity index (χ0n) is 13.8. The van der Waals surface area contributed by atoms with Crippen molar-refractivity contribution in [2.24, 2.45) is 11.7 Å². The fourth-order valence-electron chi connectivity index (χ4n) is 2.42. The Morgan fingerprint density at radius 1 is 1.30 bits per heavy atom. The Hall–Kier alpha value is -2.05. The molecule has 0 unspecified atom stereocenters. The Morgan fingerprint density at radius 3 is 2.65 bits per heavy atom. The van der Waals surface area contributed by atoms with Crippen molar-refractivity contribution in [3.05, 3.63) is 51.6 Å². The first kappa shape index (κ1) is 17.3. The van der Waals surface area contributed by atoms with Crippen LogP contribution in [0, 0.1) is 11.7 Å². The predicted octanol–water partition coefficient (Wildman–Crippen LogP) is 1.88. The highest BCUT2D eigenvalue weighted by atomic mass is 19.1. The summed E-state index contributed by atoms with van der Waals surface area (Å²) >= 11 is 0. The van der Waals surface area contributed by atoms with Crippen LogP contribution in [-0.2, 0) is 19.6 Å². The number of rotatable bonds is 6. The highest BCUT2D eigenvalue weighted by Crippen LogP contribution is 2.20. The quantitative estimate of drug-likeness (QED) is 0.853. The molecule has 3 N–H and O–H groups in total. The third kappa shape index (κ3) is 4.03. The minimum Gasteiger partial charge on any atom is -0.326 e. The lowest BCUT2D eigenvalue weighted by atomic mass is 10.1. The molecule has 1 heterocycles. The van der Waals surface area contributed by atoms with Crippen molar-refractivity contribution in [2.75, 3.05) is 7.05 Å². The Morgan fingerprint density at radius 2 is 2.04 bits per heavy atom. The van der Waals surface area contributed by atoms with E-state index in [0.717, 1.165) is 5.56 Å². The van der Waals surface area contributed by atoms with Gasteiger partial charge in [-0.25, -0.2) is 9.07 Å². The molecule has 0 saturated heterocycles. The molecule has 0 aliphatic carbocycles. The van der Waals surface area contributed by atoms with Crippen LogP contribution in [0.15, 0.2) is 29.1 Å². The number of hydrogen-bond acceptors (Lipinski definition) is 4. The summed E-state index contributed by atoms with van der Waals surface area (Å²) in [5.74, 6) is -0.0343. The van der Waals surface area contributed by atoms with E-state index in [0.29, 0.717) is 35.8 Å². The summed E-state index contributed by atoms with van der Waals surface area (Å²) in [7, 11) is 1.79. The van der Waals surface area contributed by atoms with Crippen molar-refractivity contribution in [3.63, 3.8) is 0 Å². The highest BCUT2D eigenvalue weighted by molar-refractivity contribution is 5.60. The molecule has 0 atom stereocenters. The van der Waals surface area contributed by atoms with E-state index >= 15 is 0 Å². The minimum absolute atomic E-state index is 0.0991. The van der Waals surface area contributed by atoms with E-state index in [-0.39, 0.29) is 17.9 Å². The first-order valence-electron chi connectivity index (χ1n) is 7.70. The number of halogens is 1. The molecule has 0 radical (unpaired) electrons. The maximum atomic E-state index is 13.6. The van der Waals surface area contributed by atoms with Gasteiger partial charge in [0.15, 0.2) is 0 Å². The van der Waals surface area contributed by atoms with Crippen LogP contribution in [0.25, 0.3) is 11.3 Å². The summed E-state index contributed by atoms with van der Waals surface area (Å²) in [5.41, 5.74) is 7.93. The van der Waals surface area contributed by atoms with E-state index in [1.54, 1.807) is 25.2 Å². The normalized spacial score (nSPS) is 11.2. The van der Waals surface area contributed by atoms with Crippen molar-refractivity contribution in [1.29, 1.82) is 0 Å².